The number of hydrogen-bond donors (Lipinski definition) is 0. The van der Waals surface area contributed by atoms with Crippen LogP contribution in [0.15, 0.2) is 34.4 Å². The van der Waals surface area contributed by atoms with Gasteiger partial charge in [-0.2, -0.15) is 18.4 Å². The van der Waals surface area contributed by atoms with E-state index in [1.165, 1.54) is 23.9 Å². The van der Waals surface area contributed by atoms with Crippen molar-refractivity contribution in [3.63, 3.8) is 0 Å². The minimum Gasteiger partial charge on any atom is -0.304 e. The van der Waals surface area contributed by atoms with Gasteiger partial charge in [0.2, 0.25) is 0 Å². The van der Waals surface area contributed by atoms with Gasteiger partial charge in [0.05, 0.1) is 16.8 Å². The van der Waals surface area contributed by atoms with Gasteiger partial charge in [-0.3, -0.25) is 4.99 Å². The number of nitriles is 1. The van der Waals surface area contributed by atoms with E-state index >= 15 is 0 Å². The van der Waals surface area contributed by atoms with Gasteiger partial charge in [-0.1, -0.05) is 23.9 Å². The summed E-state index contributed by atoms with van der Waals surface area (Å²) in [5.41, 5.74) is -0.0323. The molecule has 0 bridgehead atoms. The maximum Gasteiger partial charge on any atom is 0.416 e. The van der Waals surface area contributed by atoms with E-state index in [1.807, 2.05) is 25.3 Å². The van der Waals surface area contributed by atoms with Crippen molar-refractivity contribution in [2.75, 3.05) is 5.75 Å². The van der Waals surface area contributed by atoms with E-state index in [0.717, 1.165) is 17.9 Å². The Kier molecular flexibility index (Phi) is 4.61. The lowest BCUT2D eigenvalue weighted by Gasteiger charge is -2.16. The summed E-state index contributed by atoms with van der Waals surface area (Å²) in [6.07, 6.45) is -4.46. The van der Waals surface area contributed by atoms with Crippen LogP contribution >= 0.6 is 11.8 Å². The first-order valence-electron chi connectivity index (χ1n) is 8.01. The Balaban J connectivity index is 2.33. The molecule has 0 unspecified atom stereocenters. The molecule has 0 atom stereocenters. The van der Waals surface area contributed by atoms with E-state index in [4.69, 9.17) is 0 Å². The Morgan fingerprint density at radius 3 is 2.62 bits per heavy atom. The highest BCUT2D eigenvalue weighted by atomic mass is 32.2. The molecule has 0 saturated heterocycles. The molecule has 0 fully saturated rings. The molecule has 0 radical (unpaired) electrons. The molecule has 0 N–H and O–H groups in total. The molecule has 8 heteroatoms. The van der Waals surface area contributed by atoms with Gasteiger partial charge in [-0.05, 0) is 32.9 Å². The molecule has 0 saturated carbocycles. The van der Waals surface area contributed by atoms with E-state index in [1.54, 1.807) is 0 Å². The second-order valence-corrected chi connectivity index (χ2v) is 7.98. The number of hydrogen-bond acceptors (Lipinski definition) is 4. The normalized spacial score (nSPS) is 15.0. The highest BCUT2D eigenvalue weighted by Crippen LogP contribution is 2.33. The van der Waals surface area contributed by atoms with Gasteiger partial charge in [0.1, 0.15) is 11.6 Å². The zero-order valence-electron chi connectivity index (χ0n) is 14.6. The molecule has 0 spiro atoms. The average Bonchev–Trinajstić information content (AvgIpc) is 3.01. The fourth-order valence-corrected chi connectivity index (χ4v) is 3.62. The summed E-state index contributed by atoms with van der Waals surface area (Å²) in [6.45, 7) is 6.40. The lowest BCUT2D eigenvalue weighted by Crippen LogP contribution is -2.30. The molecule has 0 aliphatic carbocycles. The van der Waals surface area contributed by atoms with Gasteiger partial charge in [0.25, 0.3) is 0 Å². The third-order valence-corrected chi connectivity index (χ3v) is 4.67. The molecule has 4 nitrogen and oxygen atoms in total. The number of rotatable bonds is 1. The van der Waals surface area contributed by atoms with Crippen molar-refractivity contribution in [2.45, 2.75) is 44.2 Å². The molecular weight excluding hydrogens is 361 g/mol. The maximum atomic E-state index is 13.1. The van der Waals surface area contributed by atoms with Crippen LogP contribution in [0.2, 0.25) is 0 Å². The van der Waals surface area contributed by atoms with Crippen LogP contribution < -0.4 is 5.49 Å². The van der Waals surface area contributed by atoms with Crippen LogP contribution in [0.1, 0.15) is 31.9 Å². The molecule has 1 aromatic carbocycles. The fraction of sp³-hybridized carbons (Fsp3) is 0.389. The van der Waals surface area contributed by atoms with E-state index in [9.17, 15) is 18.4 Å². The predicted octanol–water partition coefficient (Wildman–Crippen LogP) is 4.25. The smallest absolute Gasteiger partial charge is 0.304 e. The summed E-state index contributed by atoms with van der Waals surface area (Å²) in [5, 5.41) is 10.4. The highest BCUT2D eigenvalue weighted by Gasteiger charge is 2.31. The Morgan fingerprint density at radius 2 is 2.00 bits per heavy atom. The number of aromatic nitrogens is 2. The van der Waals surface area contributed by atoms with E-state index < -0.39 is 17.3 Å². The SMILES string of the molecule is CC(C)(C)N=c1c(C#N)c(-c2cccc(C(F)(F)F)c2)nc2n1CCS2. The summed E-state index contributed by atoms with van der Waals surface area (Å²) in [5.74, 6) is 0.788. The number of nitrogens with zero attached hydrogens (tertiary/aromatic N) is 4. The first-order valence-corrected chi connectivity index (χ1v) is 9.00. The van der Waals surface area contributed by atoms with Crippen molar-refractivity contribution in [3.8, 4) is 17.3 Å². The number of benzene rings is 1. The summed E-state index contributed by atoms with van der Waals surface area (Å²) in [7, 11) is 0. The molecule has 136 valence electrons. The Labute approximate surface area is 153 Å². The summed E-state index contributed by atoms with van der Waals surface area (Å²) in [4.78, 5) is 9.14. The van der Waals surface area contributed by atoms with Crippen LogP contribution in [0.3, 0.4) is 0 Å². The Hall–Kier alpha value is -2.27. The zero-order chi connectivity index (χ0) is 19.1. The topological polar surface area (TPSA) is 54.0 Å². The minimum absolute atomic E-state index is 0.200. The van der Waals surface area contributed by atoms with Crippen molar-refractivity contribution in [3.05, 3.63) is 40.9 Å². The summed E-state index contributed by atoms with van der Waals surface area (Å²) < 4.78 is 41.1. The minimum atomic E-state index is -4.46. The third kappa shape index (κ3) is 3.63. The molecule has 3 rings (SSSR count). The predicted molar refractivity (Wildman–Crippen MR) is 93.4 cm³/mol. The maximum absolute atomic E-state index is 13.1. The van der Waals surface area contributed by atoms with Crippen LogP contribution in [0.4, 0.5) is 13.2 Å². The lowest BCUT2D eigenvalue weighted by atomic mass is 10.0. The quantitative estimate of drug-likeness (QED) is 0.697. The number of fused-ring (bicyclic) bond motifs is 1. The molecule has 1 aliphatic rings. The van der Waals surface area contributed by atoms with E-state index in [0.29, 0.717) is 17.2 Å². The first-order chi connectivity index (χ1) is 12.1. The number of halogens is 3. The van der Waals surface area contributed by atoms with Gasteiger partial charge in [-0.25, -0.2) is 4.98 Å². The van der Waals surface area contributed by atoms with E-state index in [2.05, 4.69) is 16.0 Å². The summed E-state index contributed by atoms with van der Waals surface area (Å²) in [6, 6.07) is 7.01. The van der Waals surface area contributed by atoms with Crippen molar-refractivity contribution in [2.24, 2.45) is 4.99 Å². The van der Waals surface area contributed by atoms with Gasteiger partial charge in [0, 0.05) is 17.9 Å². The third-order valence-electron chi connectivity index (χ3n) is 3.72. The van der Waals surface area contributed by atoms with Gasteiger partial charge in [0.15, 0.2) is 10.6 Å². The zero-order valence-corrected chi connectivity index (χ0v) is 15.4. The second kappa shape index (κ2) is 6.47. The largest absolute Gasteiger partial charge is 0.416 e. The van der Waals surface area contributed by atoms with Crippen LogP contribution in [0.5, 0.6) is 0 Å². The van der Waals surface area contributed by atoms with Crippen molar-refractivity contribution < 1.29 is 13.2 Å². The van der Waals surface area contributed by atoms with Crippen LogP contribution in [0, 0.1) is 11.3 Å². The molecule has 26 heavy (non-hydrogen) atoms. The van der Waals surface area contributed by atoms with E-state index in [-0.39, 0.29) is 16.8 Å². The molecule has 2 aromatic rings. The average molecular weight is 378 g/mol. The first kappa shape index (κ1) is 18.5. The molecule has 1 aromatic heterocycles. The monoisotopic (exact) mass is 378 g/mol. The number of thioether (sulfide) groups is 1. The molecule has 1 aliphatic heterocycles. The highest BCUT2D eigenvalue weighted by molar-refractivity contribution is 7.99. The van der Waals surface area contributed by atoms with Gasteiger partial charge < -0.3 is 4.57 Å². The van der Waals surface area contributed by atoms with Crippen molar-refractivity contribution in [1.82, 2.24) is 9.55 Å². The standard InChI is InChI=1S/C18H17F3N4S/c1-17(2,3)24-15-13(10-22)14(23-16-25(15)7-8-26-16)11-5-4-6-12(9-11)18(19,20)21/h4-6,9H,7-8H2,1-3H3. The molecular formula is C18H17F3N4S. The Morgan fingerprint density at radius 1 is 1.27 bits per heavy atom. The lowest BCUT2D eigenvalue weighted by molar-refractivity contribution is -0.137. The summed E-state index contributed by atoms with van der Waals surface area (Å²) >= 11 is 1.51. The Bertz CT molecular complexity index is 962. The number of alkyl halides is 3. The van der Waals surface area contributed by atoms with Gasteiger partial charge >= 0.3 is 6.18 Å². The molecule has 0 amide bonds. The van der Waals surface area contributed by atoms with Crippen molar-refractivity contribution >= 4 is 11.8 Å². The van der Waals surface area contributed by atoms with Crippen LogP contribution in [0.25, 0.3) is 11.3 Å². The van der Waals surface area contributed by atoms with Gasteiger partial charge in [-0.15, -0.1) is 0 Å². The molecule has 2 heterocycles. The van der Waals surface area contributed by atoms with Crippen molar-refractivity contribution in [1.29, 1.82) is 5.26 Å². The van der Waals surface area contributed by atoms with Crippen LogP contribution in [-0.4, -0.2) is 20.8 Å². The second-order valence-electron chi connectivity index (χ2n) is 6.91. The fourth-order valence-electron chi connectivity index (χ4n) is 2.67. The van der Waals surface area contributed by atoms with Crippen LogP contribution in [-0.2, 0) is 12.7 Å².